The molecule has 2 aromatic heterocycles. The standard InChI is InChI=1S/C29H32ClFN6O4.ClH/c1-17-13-21(37-10-6-20(7-11-37)34-29(40)41-12-8-31)15-23-26(17)36-27(35-23)25-22(5-9-32-28(25)39)33-16-24(38)18-3-2-4-19(30)14-18;/h2-5,9,13-15,20,24,38H,6-8,10-12,16H2,1H3,(H,34,40)(H,35,36)(H2,32,33,39);1H/t24-;/m1./s1. The van der Waals surface area contributed by atoms with Crippen LogP contribution < -0.4 is 21.1 Å². The lowest BCUT2D eigenvalue weighted by atomic mass is 10.0. The third-order valence-electron chi connectivity index (χ3n) is 7.17. The number of fused-ring (bicyclic) bond motifs is 1. The first kappa shape index (κ1) is 31.1. The van der Waals surface area contributed by atoms with Crippen LogP contribution in [0.3, 0.4) is 0 Å². The summed E-state index contributed by atoms with van der Waals surface area (Å²) in [6.45, 7) is 2.64. The van der Waals surface area contributed by atoms with Crippen molar-refractivity contribution in [2.45, 2.75) is 31.9 Å². The first-order chi connectivity index (χ1) is 19.8. The molecule has 5 rings (SSSR count). The number of pyridine rings is 1. The Bertz CT molecular complexity index is 1590. The molecule has 2 aromatic carbocycles. The number of H-pyrrole nitrogens is 2. The van der Waals surface area contributed by atoms with Gasteiger partial charge < -0.3 is 35.3 Å². The topological polar surface area (TPSA) is 135 Å². The molecule has 1 aliphatic heterocycles. The van der Waals surface area contributed by atoms with E-state index in [2.05, 4.69) is 31.6 Å². The van der Waals surface area contributed by atoms with Crippen LogP contribution in [0, 0.1) is 6.92 Å². The second-order valence-corrected chi connectivity index (χ2v) is 10.5. The van der Waals surface area contributed by atoms with Gasteiger partial charge in [-0.05, 0) is 61.2 Å². The number of amides is 1. The van der Waals surface area contributed by atoms with Crippen molar-refractivity contribution in [1.29, 1.82) is 0 Å². The number of aryl methyl sites for hydroxylation is 1. The first-order valence-electron chi connectivity index (χ1n) is 13.5. The lowest BCUT2D eigenvalue weighted by Gasteiger charge is -2.34. The van der Waals surface area contributed by atoms with Gasteiger partial charge in [-0.2, -0.15) is 0 Å². The van der Waals surface area contributed by atoms with Gasteiger partial charge in [-0.1, -0.05) is 23.7 Å². The van der Waals surface area contributed by atoms with Crippen molar-refractivity contribution in [2.24, 2.45) is 0 Å². The van der Waals surface area contributed by atoms with Crippen LogP contribution in [0.2, 0.25) is 5.02 Å². The molecule has 0 radical (unpaired) electrons. The molecule has 1 amide bonds. The number of rotatable bonds is 9. The third-order valence-corrected chi connectivity index (χ3v) is 7.41. The molecule has 0 spiro atoms. The summed E-state index contributed by atoms with van der Waals surface area (Å²) in [7, 11) is 0. The van der Waals surface area contributed by atoms with Gasteiger partial charge in [0, 0.05) is 42.6 Å². The van der Waals surface area contributed by atoms with E-state index in [-0.39, 0.29) is 37.2 Å². The van der Waals surface area contributed by atoms with Crippen LogP contribution in [0.1, 0.15) is 30.1 Å². The Labute approximate surface area is 253 Å². The third kappa shape index (κ3) is 7.15. The molecule has 1 atom stereocenters. The van der Waals surface area contributed by atoms with Gasteiger partial charge in [0.2, 0.25) is 0 Å². The fraction of sp³-hybridized carbons (Fsp3) is 0.345. The van der Waals surface area contributed by atoms with E-state index in [0.717, 1.165) is 48.2 Å². The Morgan fingerprint density at radius 3 is 2.79 bits per heavy atom. The number of ether oxygens (including phenoxy) is 1. The molecule has 4 aromatic rings. The van der Waals surface area contributed by atoms with Crippen molar-refractivity contribution in [3.63, 3.8) is 0 Å². The summed E-state index contributed by atoms with van der Waals surface area (Å²) in [4.78, 5) is 37.7. The molecule has 42 heavy (non-hydrogen) atoms. The average molecular weight is 620 g/mol. The molecular formula is C29H33Cl2FN6O4. The Morgan fingerprint density at radius 1 is 1.26 bits per heavy atom. The molecule has 1 saturated heterocycles. The van der Waals surface area contributed by atoms with Gasteiger partial charge in [0.1, 0.15) is 24.7 Å². The van der Waals surface area contributed by atoms with Gasteiger partial charge >= 0.3 is 6.09 Å². The largest absolute Gasteiger partial charge is 0.447 e. The number of anilines is 2. The maximum absolute atomic E-state index is 12.9. The lowest BCUT2D eigenvalue weighted by Crippen LogP contribution is -2.45. The normalized spacial score (nSPS) is 14.3. The number of alkyl halides is 1. The van der Waals surface area contributed by atoms with E-state index in [9.17, 15) is 19.1 Å². The van der Waals surface area contributed by atoms with Crippen LogP contribution >= 0.6 is 24.0 Å². The van der Waals surface area contributed by atoms with Crippen molar-refractivity contribution in [2.75, 3.05) is 43.1 Å². The molecule has 0 aliphatic carbocycles. The molecule has 1 fully saturated rings. The number of carbonyl (C=O) groups excluding carboxylic acids is 1. The van der Waals surface area contributed by atoms with Crippen LogP contribution in [-0.4, -0.2) is 65.1 Å². The summed E-state index contributed by atoms with van der Waals surface area (Å²) >= 11 is 6.06. The van der Waals surface area contributed by atoms with Gasteiger partial charge in [-0.15, -0.1) is 12.4 Å². The number of piperidine rings is 1. The Kier molecular flexibility index (Phi) is 10.3. The number of nitrogens with zero attached hydrogens (tertiary/aromatic N) is 2. The number of aliphatic hydroxyl groups excluding tert-OH is 1. The lowest BCUT2D eigenvalue weighted by molar-refractivity contribution is 0.132. The minimum Gasteiger partial charge on any atom is -0.447 e. The number of imidazole rings is 1. The van der Waals surface area contributed by atoms with Crippen LogP contribution in [0.4, 0.5) is 20.6 Å². The highest BCUT2D eigenvalue weighted by Gasteiger charge is 2.23. The average Bonchev–Trinajstić information content (AvgIpc) is 3.39. The number of aromatic nitrogens is 3. The zero-order chi connectivity index (χ0) is 28.9. The minimum absolute atomic E-state index is 0. The quantitative estimate of drug-likeness (QED) is 0.176. The molecule has 10 nitrogen and oxygen atoms in total. The highest BCUT2D eigenvalue weighted by molar-refractivity contribution is 6.30. The zero-order valence-electron chi connectivity index (χ0n) is 23.0. The number of hydrogen-bond donors (Lipinski definition) is 5. The number of nitrogens with one attached hydrogen (secondary N) is 4. The molecule has 13 heteroatoms. The van der Waals surface area contributed by atoms with E-state index < -0.39 is 18.9 Å². The van der Waals surface area contributed by atoms with Gasteiger partial charge in [-0.25, -0.2) is 14.2 Å². The summed E-state index contributed by atoms with van der Waals surface area (Å²) in [5.74, 6) is 0.413. The van der Waals surface area contributed by atoms with E-state index in [0.29, 0.717) is 27.7 Å². The highest BCUT2D eigenvalue weighted by atomic mass is 35.5. The van der Waals surface area contributed by atoms with Gasteiger partial charge in [0.15, 0.2) is 0 Å². The Morgan fingerprint density at radius 2 is 2.05 bits per heavy atom. The molecule has 0 unspecified atom stereocenters. The predicted molar refractivity (Wildman–Crippen MR) is 165 cm³/mol. The van der Waals surface area contributed by atoms with Crippen molar-refractivity contribution in [1.82, 2.24) is 20.3 Å². The summed E-state index contributed by atoms with van der Waals surface area (Å²) in [5, 5.41) is 17.2. The summed E-state index contributed by atoms with van der Waals surface area (Å²) < 4.78 is 17.0. The van der Waals surface area contributed by atoms with Crippen LogP contribution in [-0.2, 0) is 4.74 Å². The van der Waals surface area contributed by atoms with Crippen molar-refractivity contribution in [3.8, 4) is 11.4 Å². The number of aromatic amines is 2. The van der Waals surface area contributed by atoms with E-state index >= 15 is 0 Å². The number of alkyl carbamates (subject to hydrolysis) is 1. The molecular weight excluding hydrogens is 586 g/mol. The van der Waals surface area contributed by atoms with Crippen molar-refractivity contribution in [3.05, 3.63) is 75.2 Å². The highest BCUT2D eigenvalue weighted by Crippen LogP contribution is 2.30. The Balaban J connectivity index is 0.00000405. The Hall–Kier alpha value is -3.80. The minimum atomic E-state index is -0.832. The number of carbonyl (C=O) groups is 1. The van der Waals surface area contributed by atoms with Crippen LogP contribution in [0.5, 0.6) is 0 Å². The fourth-order valence-electron chi connectivity index (χ4n) is 5.09. The number of aliphatic hydroxyl groups is 1. The van der Waals surface area contributed by atoms with Gasteiger partial charge in [-0.3, -0.25) is 4.79 Å². The smallest absolute Gasteiger partial charge is 0.407 e. The summed E-state index contributed by atoms with van der Waals surface area (Å²) in [5.41, 5.74) is 4.73. The zero-order valence-corrected chi connectivity index (χ0v) is 24.5. The van der Waals surface area contributed by atoms with E-state index in [1.54, 1.807) is 36.5 Å². The number of hydrogen-bond acceptors (Lipinski definition) is 7. The fourth-order valence-corrected chi connectivity index (χ4v) is 5.29. The molecule has 1 aliphatic rings. The molecule has 0 bridgehead atoms. The van der Waals surface area contributed by atoms with Crippen molar-refractivity contribution >= 4 is 52.5 Å². The van der Waals surface area contributed by atoms with Crippen molar-refractivity contribution < 1.29 is 19.0 Å². The predicted octanol–water partition coefficient (Wildman–Crippen LogP) is 5.11. The molecule has 0 saturated carbocycles. The second kappa shape index (κ2) is 13.9. The molecule has 224 valence electrons. The second-order valence-electron chi connectivity index (χ2n) is 10.0. The van der Waals surface area contributed by atoms with Crippen LogP contribution in [0.25, 0.3) is 22.4 Å². The summed E-state index contributed by atoms with van der Waals surface area (Å²) in [6.07, 6.45) is 1.58. The van der Waals surface area contributed by atoms with E-state index in [1.165, 1.54) is 0 Å². The van der Waals surface area contributed by atoms with Crippen LogP contribution in [0.15, 0.2) is 53.5 Å². The monoisotopic (exact) mass is 618 g/mol. The maximum Gasteiger partial charge on any atom is 0.407 e. The van der Waals surface area contributed by atoms with E-state index in [1.807, 2.05) is 13.0 Å². The SMILES string of the molecule is Cc1cc(N2CCC(NC(=O)OCCF)CC2)cc2[nH]c(-c3c(NC[C@@H](O)c4cccc(Cl)c4)cc[nH]c3=O)nc12.Cl. The van der Waals surface area contributed by atoms with Gasteiger partial charge in [0.05, 0.1) is 22.8 Å². The maximum atomic E-state index is 12.9. The molecule has 3 heterocycles. The first-order valence-corrected chi connectivity index (χ1v) is 13.8. The molecule has 5 N–H and O–H groups in total. The van der Waals surface area contributed by atoms with E-state index in [4.69, 9.17) is 21.3 Å². The summed E-state index contributed by atoms with van der Waals surface area (Å²) in [6, 6.07) is 12.8. The van der Waals surface area contributed by atoms with Gasteiger partial charge in [0.25, 0.3) is 5.56 Å². The number of halogens is 3. The number of benzene rings is 2.